The lowest BCUT2D eigenvalue weighted by atomic mass is 9.79. The van der Waals surface area contributed by atoms with Crippen LogP contribution in [-0.4, -0.2) is 28.6 Å². The van der Waals surface area contributed by atoms with Crippen molar-refractivity contribution in [1.82, 2.24) is 5.32 Å². The zero-order valence-electron chi connectivity index (χ0n) is 15.4. The van der Waals surface area contributed by atoms with Gasteiger partial charge >= 0.3 is 5.97 Å². The van der Waals surface area contributed by atoms with Crippen molar-refractivity contribution in [3.63, 3.8) is 0 Å². The van der Waals surface area contributed by atoms with Crippen LogP contribution in [0.4, 0.5) is 0 Å². The predicted molar refractivity (Wildman–Crippen MR) is 103 cm³/mol. The number of hydrogen-bond acceptors (Lipinski definition) is 6. The normalized spacial score (nSPS) is 17.9. The molecule has 0 bridgehead atoms. The van der Waals surface area contributed by atoms with Crippen LogP contribution in [-0.2, 0) is 9.53 Å². The molecule has 4 rings (SSSR count). The molecule has 2 aliphatic rings. The minimum Gasteiger partial charge on any atom is -0.504 e. The Morgan fingerprint density at radius 1 is 1.11 bits per heavy atom. The van der Waals surface area contributed by atoms with Gasteiger partial charge in [0.05, 0.1) is 17.9 Å². The number of carbonyl (C=O) groups is 2. The molecule has 0 saturated carbocycles. The average molecular weight is 377 g/mol. The highest BCUT2D eigenvalue weighted by molar-refractivity contribution is 6.23. The summed E-state index contributed by atoms with van der Waals surface area (Å²) >= 11 is 0. The van der Waals surface area contributed by atoms with E-state index in [2.05, 4.69) is 5.32 Å². The molecule has 0 radical (unpaired) electrons. The van der Waals surface area contributed by atoms with Crippen LogP contribution in [0.15, 0.2) is 59.3 Å². The van der Waals surface area contributed by atoms with Crippen molar-refractivity contribution in [2.24, 2.45) is 0 Å². The van der Waals surface area contributed by atoms with E-state index in [4.69, 9.17) is 4.74 Å². The van der Waals surface area contributed by atoms with Crippen molar-refractivity contribution in [3.8, 4) is 11.5 Å². The Bertz CT molecular complexity index is 1080. The number of esters is 1. The van der Waals surface area contributed by atoms with Gasteiger partial charge in [-0.15, -0.1) is 0 Å². The number of phenolic OH excluding ortho intramolecular Hbond substituents is 2. The molecule has 0 fully saturated rings. The predicted octanol–water partition coefficient (Wildman–Crippen LogP) is 3.23. The zero-order valence-corrected chi connectivity index (χ0v) is 15.4. The molecule has 2 aromatic carbocycles. The molecule has 0 spiro atoms. The summed E-state index contributed by atoms with van der Waals surface area (Å²) in [5, 5.41) is 22.9. The molecule has 0 saturated heterocycles. The van der Waals surface area contributed by atoms with Gasteiger partial charge in [0.25, 0.3) is 0 Å². The Hall–Kier alpha value is -3.54. The van der Waals surface area contributed by atoms with E-state index in [1.807, 2.05) is 12.1 Å². The average Bonchev–Trinajstić information content (AvgIpc) is 2.95. The minimum absolute atomic E-state index is 0.176. The standard InChI is InChI=1S/C22H19NO5/c1-3-28-22(27)17-11(2)23-20-13-6-4-5-7-14(13)21(26)19(20)18(17)12-8-9-15(24)16(25)10-12/h4-10,18,23-25H,3H2,1-2H3/t18-/m0/s1. The van der Waals surface area contributed by atoms with Gasteiger partial charge in [-0.05, 0) is 31.5 Å². The van der Waals surface area contributed by atoms with Gasteiger partial charge in [0, 0.05) is 28.3 Å². The van der Waals surface area contributed by atoms with E-state index >= 15 is 0 Å². The molecule has 0 unspecified atom stereocenters. The molecule has 1 aliphatic carbocycles. The maximum absolute atomic E-state index is 13.2. The minimum atomic E-state index is -0.721. The van der Waals surface area contributed by atoms with Crippen LogP contribution in [0.3, 0.4) is 0 Å². The monoisotopic (exact) mass is 377 g/mol. The van der Waals surface area contributed by atoms with E-state index in [1.165, 1.54) is 12.1 Å². The van der Waals surface area contributed by atoms with E-state index in [0.717, 1.165) is 5.56 Å². The quantitative estimate of drug-likeness (QED) is 0.561. The summed E-state index contributed by atoms with van der Waals surface area (Å²) in [4.78, 5) is 26.0. The summed E-state index contributed by atoms with van der Waals surface area (Å²) in [6.07, 6.45) is 0. The first-order valence-corrected chi connectivity index (χ1v) is 8.99. The summed E-state index contributed by atoms with van der Waals surface area (Å²) in [5.74, 6) is -2.01. The van der Waals surface area contributed by atoms with Crippen molar-refractivity contribution < 1.29 is 24.5 Å². The number of phenols is 2. The van der Waals surface area contributed by atoms with E-state index in [1.54, 1.807) is 32.0 Å². The number of fused-ring (bicyclic) bond motifs is 2. The number of benzene rings is 2. The van der Waals surface area contributed by atoms with Gasteiger partial charge in [0.2, 0.25) is 0 Å². The third-order valence-electron chi connectivity index (χ3n) is 5.08. The summed E-state index contributed by atoms with van der Waals surface area (Å²) in [6.45, 7) is 3.67. The lowest BCUT2D eigenvalue weighted by Gasteiger charge is -2.29. The Labute approximate surface area is 161 Å². The van der Waals surface area contributed by atoms with Crippen LogP contribution in [0, 0.1) is 0 Å². The molecule has 142 valence electrons. The molecular weight excluding hydrogens is 358 g/mol. The Morgan fingerprint density at radius 3 is 2.50 bits per heavy atom. The third-order valence-corrected chi connectivity index (χ3v) is 5.08. The number of ketones is 1. The van der Waals surface area contributed by atoms with E-state index in [9.17, 15) is 19.8 Å². The fourth-order valence-electron chi connectivity index (χ4n) is 3.86. The molecule has 3 N–H and O–H groups in total. The second kappa shape index (κ2) is 6.56. The lowest BCUT2D eigenvalue weighted by molar-refractivity contribution is -0.138. The van der Waals surface area contributed by atoms with Crippen LogP contribution in [0.1, 0.15) is 41.3 Å². The van der Waals surface area contributed by atoms with Crippen LogP contribution >= 0.6 is 0 Å². The molecule has 28 heavy (non-hydrogen) atoms. The molecule has 1 heterocycles. The van der Waals surface area contributed by atoms with Gasteiger partial charge in [-0.2, -0.15) is 0 Å². The van der Waals surface area contributed by atoms with E-state index in [-0.39, 0.29) is 23.9 Å². The molecule has 0 amide bonds. The fraction of sp³-hybridized carbons (Fsp3) is 0.182. The number of hydrogen-bond donors (Lipinski definition) is 3. The number of aromatic hydroxyl groups is 2. The first kappa shape index (κ1) is 17.9. The molecule has 1 atom stereocenters. The summed E-state index contributed by atoms with van der Waals surface area (Å²) in [5.41, 5.74) is 3.84. The van der Waals surface area contributed by atoms with Crippen molar-refractivity contribution in [2.75, 3.05) is 6.61 Å². The largest absolute Gasteiger partial charge is 0.504 e. The Balaban J connectivity index is 1.94. The Morgan fingerprint density at radius 2 is 1.82 bits per heavy atom. The number of dihydropyridines is 1. The molecular formula is C22H19NO5. The van der Waals surface area contributed by atoms with Gasteiger partial charge in [0.15, 0.2) is 17.3 Å². The van der Waals surface area contributed by atoms with Gasteiger partial charge in [-0.25, -0.2) is 4.79 Å². The molecule has 0 aromatic heterocycles. The van der Waals surface area contributed by atoms with Gasteiger partial charge < -0.3 is 20.3 Å². The maximum Gasteiger partial charge on any atom is 0.336 e. The van der Waals surface area contributed by atoms with Crippen molar-refractivity contribution in [3.05, 3.63) is 76.0 Å². The highest BCUT2D eigenvalue weighted by Crippen LogP contribution is 2.47. The Kier molecular flexibility index (Phi) is 4.19. The highest BCUT2D eigenvalue weighted by atomic mass is 16.5. The first-order valence-electron chi connectivity index (χ1n) is 8.99. The summed E-state index contributed by atoms with van der Waals surface area (Å²) in [6, 6.07) is 11.6. The fourth-order valence-corrected chi connectivity index (χ4v) is 3.86. The van der Waals surface area contributed by atoms with Crippen molar-refractivity contribution in [2.45, 2.75) is 19.8 Å². The molecule has 6 nitrogen and oxygen atoms in total. The van der Waals surface area contributed by atoms with Crippen molar-refractivity contribution in [1.29, 1.82) is 0 Å². The van der Waals surface area contributed by atoms with Crippen LogP contribution < -0.4 is 5.32 Å². The van der Waals surface area contributed by atoms with Gasteiger partial charge in [-0.1, -0.05) is 30.3 Å². The number of Topliss-reactive ketones (excluding diaryl/α,β-unsaturated/α-hetero) is 1. The SMILES string of the molecule is CCOC(=O)C1=C(C)NC2=C(C(=O)c3ccccc32)[C@H]1c1ccc(O)c(O)c1. The zero-order chi connectivity index (χ0) is 20.0. The number of rotatable bonds is 3. The number of nitrogens with one attached hydrogen (secondary N) is 1. The molecule has 2 aromatic rings. The summed E-state index contributed by atoms with van der Waals surface area (Å²) < 4.78 is 5.24. The summed E-state index contributed by atoms with van der Waals surface area (Å²) in [7, 11) is 0. The number of carbonyl (C=O) groups excluding carboxylic acids is 2. The number of allylic oxidation sites excluding steroid dienone is 2. The van der Waals surface area contributed by atoms with Crippen LogP contribution in [0.2, 0.25) is 0 Å². The first-order chi connectivity index (χ1) is 13.4. The van der Waals surface area contributed by atoms with Crippen molar-refractivity contribution >= 4 is 17.4 Å². The molecule has 6 heteroatoms. The van der Waals surface area contributed by atoms with Crippen LogP contribution in [0.5, 0.6) is 11.5 Å². The topological polar surface area (TPSA) is 95.9 Å². The van der Waals surface area contributed by atoms with E-state index < -0.39 is 11.9 Å². The second-order valence-electron chi connectivity index (χ2n) is 6.73. The smallest absolute Gasteiger partial charge is 0.336 e. The van der Waals surface area contributed by atoms with E-state index in [0.29, 0.717) is 33.7 Å². The third kappa shape index (κ3) is 2.57. The number of ether oxygens (including phenoxy) is 1. The van der Waals surface area contributed by atoms with Gasteiger partial charge in [-0.3, -0.25) is 4.79 Å². The van der Waals surface area contributed by atoms with Gasteiger partial charge in [0.1, 0.15) is 0 Å². The molecule has 1 aliphatic heterocycles. The van der Waals surface area contributed by atoms with Crippen LogP contribution in [0.25, 0.3) is 5.70 Å². The second-order valence-corrected chi connectivity index (χ2v) is 6.73. The lowest BCUT2D eigenvalue weighted by Crippen LogP contribution is -2.29. The maximum atomic E-state index is 13.2. The highest BCUT2D eigenvalue weighted by Gasteiger charge is 2.43.